The van der Waals surface area contributed by atoms with E-state index in [4.69, 9.17) is 0 Å². The Morgan fingerprint density at radius 1 is 0.276 bits per heavy atom. The number of rotatable bonds is 8. The molecule has 0 fully saturated rings. The smallest absolute Gasteiger partial charge is 0.0714 e. The normalized spacial score (nSPS) is 15.4. The first-order valence-electron chi connectivity index (χ1n) is 27.3. The van der Waals surface area contributed by atoms with Crippen LogP contribution in [0.5, 0.6) is 0 Å². The summed E-state index contributed by atoms with van der Waals surface area (Å²) in [6.45, 7) is 22.9. The molecule has 0 N–H and O–H groups in total. The zero-order valence-corrected chi connectivity index (χ0v) is 46.0. The molecule has 0 amide bonds. The molecule has 1 unspecified atom stereocenters. The van der Waals surface area contributed by atoms with Crippen LogP contribution < -0.4 is 4.90 Å². The molecule has 0 spiro atoms. The molecule has 2 aliphatic rings. The molecular formula is C75H69N. The Morgan fingerprint density at radius 2 is 0.592 bits per heavy atom. The van der Waals surface area contributed by atoms with Crippen molar-refractivity contribution in [3.8, 4) is 33.4 Å². The van der Waals surface area contributed by atoms with Crippen molar-refractivity contribution in [1.29, 1.82) is 0 Å². The zero-order valence-electron chi connectivity index (χ0n) is 46.0. The summed E-state index contributed by atoms with van der Waals surface area (Å²) in [5.41, 5.74) is 25.1. The number of benzene rings is 10. The lowest BCUT2D eigenvalue weighted by atomic mass is 9.66. The van der Waals surface area contributed by atoms with Crippen molar-refractivity contribution in [2.24, 2.45) is 0 Å². The van der Waals surface area contributed by atoms with Gasteiger partial charge in [-0.25, -0.2) is 0 Å². The Morgan fingerprint density at radius 3 is 0.974 bits per heavy atom. The van der Waals surface area contributed by atoms with Crippen LogP contribution in [-0.2, 0) is 27.1 Å². The Hall–Kier alpha value is -8.00. The molecule has 0 bridgehead atoms. The number of aryl methyl sites for hydroxylation is 1. The predicted octanol–water partition coefficient (Wildman–Crippen LogP) is 19.8. The van der Waals surface area contributed by atoms with Gasteiger partial charge in [-0.05, 0) is 154 Å². The molecule has 10 aromatic rings. The second kappa shape index (κ2) is 18.1. The van der Waals surface area contributed by atoms with E-state index in [1.54, 1.807) is 0 Å². The Kier molecular flexibility index (Phi) is 11.6. The number of fused-ring (bicyclic) bond motifs is 6. The maximum Gasteiger partial charge on any atom is 0.0714 e. The average Bonchev–Trinajstić information content (AvgIpc) is 3.96. The van der Waals surface area contributed by atoms with E-state index in [0.717, 1.165) is 17.1 Å². The quantitative estimate of drug-likeness (QED) is 0.147. The molecule has 0 aromatic heterocycles. The van der Waals surface area contributed by atoms with E-state index in [1.807, 2.05) is 0 Å². The van der Waals surface area contributed by atoms with Gasteiger partial charge in [0, 0.05) is 17.1 Å². The van der Waals surface area contributed by atoms with Crippen LogP contribution in [-0.4, -0.2) is 0 Å². The lowest BCUT2D eigenvalue weighted by molar-refractivity contribution is 0.588. The fraction of sp³-hybridized carbons (Fsp3) is 0.200. The lowest BCUT2D eigenvalue weighted by Gasteiger charge is -2.36. The van der Waals surface area contributed by atoms with Crippen molar-refractivity contribution >= 4 is 17.1 Å². The molecule has 1 heteroatoms. The van der Waals surface area contributed by atoms with Crippen molar-refractivity contribution in [2.75, 3.05) is 4.90 Å². The van der Waals surface area contributed by atoms with E-state index in [1.165, 1.54) is 100 Å². The summed E-state index contributed by atoms with van der Waals surface area (Å²) in [5.74, 6) is 0. The van der Waals surface area contributed by atoms with E-state index in [2.05, 4.69) is 311 Å². The summed E-state index contributed by atoms with van der Waals surface area (Å²) in [6, 6.07) is 90.7. The molecule has 0 radical (unpaired) electrons. The number of hydrogen-bond donors (Lipinski definition) is 0. The summed E-state index contributed by atoms with van der Waals surface area (Å²) in [6.07, 6.45) is 0. The highest BCUT2D eigenvalue weighted by Crippen LogP contribution is 2.60. The average molecular weight is 984 g/mol. The highest BCUT2D eigenvalue weighted by atomic mass is 15.1. The Bertz CT molecular complexity index is 3710. The van der Waals surface area contributed by atoms with E-state index < -0.39 is 10.8 Å². The van der Waals surface area contributed by atoms with E-state index in [0.29, 0.717) is 0 Å². The molecule has 76 heavy (non-hydrogen) atoms. The largest absolute Gasteiger partial charge is 0.310 e. The van der Waals surface area contributed by atoms with Crippen LogP contribution in [0.15, 0.2) is 237 Å². The number of hydrogen-bond acceptors (Lipinski definition) is 1. The third kappa shape index (κ3) is 7.89. The summed E-state index contributed by atoms with van der Waals surface area (Å²) in [7, 11) is 0. The topological polar surface area (TPSA) is 3.24 Å². The van der Waals surface area contributed by atoms with Gasteiger partial charge >= 0.3 is 0 Å². The molecule has 1 atom stereocenters. The molecule has 374 valence electrons. The second-order valence-corrected chi connectivity index (χ2v) is 24.6. The van der Waals surface area contributed by atoms with Gasteiger partial charge in [0.15, 0.2) is 0 Å². The molecule has 0 aliphatic heterocycles. The second-order valence-electron chi connectivity index (χ2n) is 24.6. The van der Waals surface area contributed by atoms with Gasteiger partial charge in [0.05, 0.1) is 10.8 Å². The Balaban J connectivity index is 1.12. The highest BCUT2D eigenvalue weighted by Gasteiger charge is 2.48. The summed E-state index contributed by atoms with van der Waals surface area (Å²) in [4.78, 5) is 2.51. The predicted molar refractivity (Wildman–Crippen MR) is 322 cm³/mol. The SMILES string of the molecule is Cc1ccc(-c2ccc(N(c3ccc4c(c3)C(c3ccccc3)(c3ccc(C(C)(C)C)cc3)c3ccccc3-4)c3ccc4c(c3)C(c3ccc(C(C)(C)C)cc3)(c3ccc(C(C)(C)C)cc3)c3ccccc3-4)cc2)cc1. The van der Waals surface area contributed by atoms with E-state index in [9.17, 15) is 0 Å². The van der Waals surface area contributed by atoms with Crippen LogP contribution >= 0.6 is 0 Å². The first-order chi connectivity index (χ1) is 36.5. The number of nitrogens with zero attached hydrogens (tertiary/aromatic N) is 1. The van der Waals surface area contributed by atoms with Crippen LogP contribution in [0.4, 0.5) is 17.1 Å². The van der Waals surface area contributed by atoms with Gasteiger partial charge in [-0.2, -0.15) is 0 Å². The monoisotopic (exact) mass is 984 g/mol. The minimum atomic E-state index is -0.600. The van der Waals surface area contributed by atoms with Crippen LogP contribution in [0.1, 0.15) is 129 Å². The van der Waals surface area contributed by atoms with Crippen LogP contribution in [0.25, 0.3) is 33.4 Å². The lowest BCUT2D eigenvalue weighted by Crippen LogP contribution is -2.29. The summed E-state index contributed by atoms with van der Waals surface area (Å²) < 4.78 is 0. The van der Waals surface area contributed by atoms with Crippen molar-refractivity contribution in [3.63, 3.8) is 0 Å². The molecule has 0 saturated carbocycles. The third-order valence-corrected chi connectivity index (χ3v) is 16.8. The number of anilines is 3. The van der Waals surface area contributed by atoms with Crippen molar-refractivity contribution in [2.45, 2.75) is 96.3 Å². The van der Waals surface area contributed by atoms with E-state index >= 15 is 0 Å². The molecule has 12 rings (SSSR count). The molecule has 1 nitrogen and oxygen atoms in total. The van der Waals surface area contributed by atoms with Gasteiger partial charge < -0.3 is 4.90 Å². The van der Waals surface area contributed by atoms with Crippen LogP contribution in [0.2, 0.25) is 0 Å². The zero-order chi connectivity index (χ0) is 52.8. The third-order valence-electron chi connectivity index (χ3n) is 16.8. The van der Waals surface area contributed by atoms with Gasteiger partial charge in [0.1, 0.15) is 0 Å². The fourth-order valence-electron chi connectivity index (χ4n) is 12.7. The van der Waals surface area contributed by atoms with Crippen molar-refractivity contribution < 1.29 is 0 Å². The maximum atomic E-state index is 2.52. The Labute approximate surface area is 452 Å². The van der Waals surface area contributed by atoms with Crippen LogP contribution in [0, 0.1) is 6.92 Å². The minimum absolute atomic E-state index is 0.0133. The van der Waals surface area contributed by atoms with Crippen molar-refractivity contribution in [3.05, 3.63) is 303 Å². The summed E-state index contributed by atoms with van der Waals surface area (Å²) >= 11 is 0. The van der Waals surface area contributed by atoms with Gasteiger partial charge in [0.25, 0.3) is 0 Å². The molecule has 0 saturated heterocycles. The van der Waals surface area contributed by atoms with Gasteiger partial charge in [-0.3, -0.25) is 0 Å². The first kappa shape index (κ1) is 48.9. The highest BCUT2D eigenvalue weighted by molar-refractivity contribution is 5.92. The molecular weight excluding hydrogens is 915 g/mol. The maximum absolute atomic E-state index is 2.52. The first-order valence-corrected chi connectivity index (χ1v) is 27.3. The van der Waals surface area contributed by atoms with Gasteiger partial charge in [-0.15, -0.1) is 0 Å². The van der Waals surface area contributed by atoms with Crippen molar-refractivity contribution in [1.82, 2.24) is 0 Å². The van der Waals surface area contributed by atoms with Crippen LogP contribution in [0.3, 0.4) is 0 Å². The molecule has 10 aromatic carbocycles. The van der Waals surface area contributed by atoms with Gasteiger partial charge in [-0.1, -0.05) is 268 Å². The standard InChI is InChI=1S/C75H69N/c1-50-24-26-51(27-25-50)52-28-42-60(43-29-52)76(61-44-46-65-63-20-14-16-22-67(63)74(69(65)48-61,56-18-12-11-13-19-56)57-36-30-53(31-37-57)71(2,3)4)62-45-47-66-64-21-15-17-23-68(64)75(70(66)49-62,58-38-32-54(33-39-58)72(5,6)7)59-40-34-55(35-41-59)73(8,9)10/h11-49H,1-10H3. The van der Waals surface area contributed by atoms with Gasteiger partial charge in [0.2, 0.25) is 0 Å². The fourth-order valence-corrected chi connectivity index (χ4v) is 12.7. The van der Waals surface area contributed by atoms with E-state index in [-0.39, 0.29) is 16.2 Å². The minimum Gasteiger partial charge on any atom is -0.310 e. The molecule has 2 aliphatic carbocycles. The molecule has 0 heterocycles. The summed E-state index contributed by atoms with van der Waals surface area (Å²) in [5, 5.41) is 0.